The lowest BCUT2D eigenvalue weighted by Crippen LogP contribution is -2.32. The molecule has 5 aromatic rings. The van der Waals surface area contributed by atoms with Gasteiger partial charge in [0.25, 0.3) is 11.8 Å². The second kappa shape index (κ2) is 16.3. The van der Waals surface area contributed by atoms with Crippen LogP contribution in [0.15, 0.2) is 144 Å². The maximum Gasteiger partial charge on any atom is 0.338 e. The number of anilines is 1. The van der Waals surface area contributed by atoms with Crippen molar-refractivity contribution in [2.45, 2.75) is 24.9 Å². The van der Waals surface area contributed by atoms with Crippen molar-refractivity contribution >= 4 is 34.9 Å². The van der Waals surface area contributed by atoms with Gasteiger partial charge in [-0.05, 0) is 64.7 Å². The predicted octanol–water partition coefficient (Wildman–Crippen LogP) is 7.03. The first-order valence-electron chi connectivity index (χ1n) is 17.6. The minimum atomic E-state index is -0.679. The number of amides is 2. The predicted molar refractivity (Wildman–Crippen MR) is 206 cm³/mol. The molecule has 0 saturated heterocycles. The van der Waals surface area contributed by atoms with Crippen LogP contribution < -0.4 is 14.8 Å². The number of esters is 1. The van der Waals surface area contributed by atoms with Crippen molar-refractivity contribution in [2.75, 3.05) is 32.7 Å². The molecule has 0 radical (unpaired) electrons. The van der Waals surface area contributed by atoms with Gasteiger partial charge in [-0.15, -0.1) is 0 Å². The first kappa shape index (κ1) is 35.6. The summed E-state index contributed by atoms with van der Waals surface area (Å²) in [6.45, 7) is -0.574. The van der Waals surface area contributed by atoms with Crippen LogP contribution >= 0.6 is 0 Å². The molecule has 2 atom stereocenters. The number of hydrogen-bond donors (Lipinski definition) is 1. The molecule has 7 rings (SSSR count). The Morgan fingerprint density at radius 1 is 0.630 bits per heavy atom. The minimum Gasteiger partial charge on any atom is -0.497 e. The Labute approximate surface area is 313 Å². The number of hydrazone groups is 2. The summed E-state index contributed by atoms with van der Waals surface area (Å²) in [5, 5.41) is 15.5. The molecule has 2 aliphatic rings. The van der Waals surface area contributed by atoms with E-state index in [-0.39, 0.29) is 30.1 Å². The van der Waals surface area contributed by atoms with Gasteiger partial charge in [0.2, 0.25) is 0 Å². The van der Waals surface area contributed by atoms with E-state index in [9.17, 15) is 14.4 Å². The fraction of sp³-hybridized carbons (Fsp3) is 0.186. The van der Waals surface area contributed by atoms with Crippen molar-refractivity contribution in [1.82, 2.24) is 10.0 Å². The van der Waals surface area contributed by atoms with Crippen LogP contribution in [0.1, 0.15) is 57.5 Å². The van der Waals surface area contributed by atoms with Gasteiger partial charge >= 0.3 is 5.97 Å². The molecule has 0 aromatic heterocycles. The number of carbonyl (C=O) groups is 3. The van der Waals surface area contributed by atoms with E-state index in [0.29, 0.717) is 24.3 Å². The fourth-order valence-electron chi connectivity index (χ4n) is 6.55. The van der Waals surface area contributed by atoms with Crippen molar-refractivity contribution in [3.05, 3.63) is 161 Å². The van der Waals surface area contributed by atoms with E-state index in [2.05, 4.69) is 10.4 Å². The number of nitrogens with one attached hydrogen (secondary N) is 1. The lowest BCUT2D eigenvalue weighted by Gasteiger charge is -2.23. The highest BCUT2D eigenvalue weighted by Gasteiger charge is 2.35. The van der Waals surface area contributed by atoms with Crippen molar-refractivity contribution < 1.29 is 28.6 Å². The molecule has 54 heavy (non-hydrogen) atoms. The van der Waals surface area contributed by atoms with Gasteiger partial charge in [-0.2, -0.15) is 10.2 Å². The summed E-state index contributed by atoms with van der Waals surface area (Å²) in [5.41, 5.74) is 6.01. The molecule has 0 fully saturated rings. The number of ether oxygens (including phenoxy) is 3. The van der Waals surface area contributed by atoms with Gasteiger partial charge in [0.05, 0.1) is 49.8 Å². The average molecular weight is 722 g/mol. The van der Waals surface area contributed by atoms with Crippen molar-refractivity contribution in [2.24, 2.45) is 10.2 Å². The topological polar surface area (TPSA) is 122 Å². The Kier molecular flexibility index (Phi) is 10.8. The van der Waals surface area contributed by atoms with E-state index >= 15 is 0 Å². The molecule has 11 nitrogen and oxygen atoms in total. The molecular weight excluding hydrogens is 683 g/mol. The zero-order valence-corrected chi connectivity index (χ0v) is 29.9. The number of nitrogens with zero attached hydrogens (tertiary/aromatic N) is 4. The largest absolute Gasteiger partial charge is 0.497 e. The van der Waals surface area contributed by atoms with Crippen LogP contribution in [0.5, 0.6) is 11.5 Å². The monoisotopic (exact) mass is 721 g/mol. The van der Waals surface area contributed by atoms with Crippen LogP contribution in [0.3, 0.4) is 0 Å². The maximum atomic E-state index is 13.7. The van der Waals surface area contributed by atoms with Gasteiger partial charge in [-0.25, -0.2) is 14.8 Å². The molecule has 0 saturated carbocycles. The first-order valence-corrected chi connectivity index (χ1v) is 17.6. The average Bonchev–Trinajstić information content (AvgIpc) is 3.89. The van der Waals surface area contributed by atoms with Crippen LogP contribution in [-0.2, 0) is 14.3 Å². The molecule has 5 aromatic carbocycles. The maximum absolute atomic E-state index is 13.7. The Morgan fingerprint density at radius 3 is 1.63 bits per heavy atom. The van der Waals surface area contributed by atoms with Crippen LogP contribution in [0.2, 0.25) is 0 Å². The molecule has 2 aliphatic heterocycles. The van der Waals surface area contributed by atoms with Gasteiger partial charge < -0.3 is 19.5 Å². The molecule has 0 spiro atoms. The summed E-state index contributed by atoms with van der Waals surface area (Å²) in [7, 11) is 3.21. The van der Waals surface area contributed by atoms with Crippen molar-refractivity contribution in [3.63, 3.8) is 0 Å². The number of carbonyl (C=O) groups excluding carboxylic acids is 3. The van der Waals surface area contributed by atoms with Crippen LogP contribution in [0, 0.1) is 0 Å². The Morgan fingerprint density at radius 2 is 1.13 bits per heavy atom. The van der Waals surface area contributed by atoms with Crippen LogP contribution in [0.25, 0.3) is 0 Å². The normalized spacial score (nSPS) is 16.3. The van der Waals surface area contributed by atoms with E-state index in [1.807, 2.05) is 109 Å². The highest BCUT2D eigenvalue weighted by atomic mass is 16.5. The lowest BCUT2D eigenvalue weighted by atomic mass is 9.98. The fourth-order valence-corrected chi connectivity index (χ4v) is 6.55. The third kappa shape index (κ3) is 8.00. The van der Waals surface area contributed by atoms with E-state index in [1.165, 1.54) is 10.0 Å². The molecule has 0 aliphatic carbocycles. The molecule has 2 amide bonds. The summed E-state index contributed by atoms with van der Waals surface area (Å²) in [6.07, 6.45) is 1.05. The van der Waals surface area contributed by atoms with E-state index in [4.69, 9.17) is 19.3 Å². The highest BCUT2D eigenvalue weighted by molar-refractivity contribution is 6.04. The number of rotatable bonds is 12. The highest BCUT2D eigenvalue weighted by Crippen LogP contribution is 2.35. The molecule has 2 heterocycles. The number of hydrogen-bond acceptors (Lipinski definition) is 9. The molecular formula is C43H39N5O6. The smallest absolute Gasteiger partial charge is 0.338 e. The third-order valence-electron chi connectivity index (χ3n) is 9.42. The molecule has 0 unspecified atom stereocenters. The Hall–Kier alpha value is -6.75. The molecule has 1 N–H and O–H groups in total. The van der Waals surface area contributed by atoms with Crippen LogP contribution in [0.4, 0.5) is 5.69 Å². The summed E-state index contributed by atoms with van der Waals surface area (Å²) in [6, 6.07) is 40.5. The summed E-state index contributed by atoms with van der Waals surface area (Å²) in [5.74, 6) is 0.0494. The van der Waals surface area contributed by atoms with Gasteiger partial charge in [0.15, 0.2) is 6.61 Å². The second-order valence-corrected chi connectivity index (χ2v) is 12.8. The second-order valence-electron chi connectivity index (χ2n) is 12.8. The number of methoxy groups -OCH3 is 2. The van der Waals surface area contributed by atoms with Gasteiger partial charge in [-0.1, -0.05) is 91.0 Å². The van der Waals surface area contributed by atoms with E-state index in [0.717, 1.165) is 39.4 Å². The summed E-state index contributed by atoms with van der Waals surface area (Å²) >= 11 is 0. The molecule has 11 heteroatoms. The lowest BCUT2D eigenvalue weighted by molar-refractivity contribution is -0.136. The quantitative estimate of drug-likeness (QED) is 0.137. The van der Waals surface area contributed by atoms with Gasteiger partial charge in [0, 0.05) is 18.5 Å². The molecule has 272 valence electrons. The summed E-state index contributed by atoms with van der Waals surface area (Å²) < 4.78 is 16.1. The zero-order chi connectivity index (χ0) is 37.4. The van der Waals surface area contributed by atoms with Gasteiger partial charge in [0.1, 0.15) is 11.5 Å². The van der Waals surface area contributed by atoms with Crippen molar-refractivity contribution in [3.8, 4) is 11.5 Å². The van der Waals surface area contributed by atoms with E-state index < -0.39 is 18.5 Å². The van der Waals surface area contributed by atoms with Crippen molar-refractivity contribution in [1.29, 1.82) is 0 Å². The minimum absolute atomic E-state index is 0.0708. The first-order chi connectivity index (χ1) is 26.4. The van der Waals surface area contributed by atoms with E-state index in [1.54, 1.807) is 38.5 Å². The standard InChI is InChI=1S/C43H39N5O6/c1-52-35-20-16-31(17-21-35)39-25-37(29-10-5-3-6-11-29)45-47(39)41(49)27-44-34-15-9-14-33(24-34)43(51)54-28-42(50)48-40(32-18-22-36(53-2)23-19-32)26-38(46-48)30-12-7-4-8-13-30/h3-24,39-40,44H,25-28H2,1-2H3/t39-,40+/m0/s1. The number of benzene rings is 5. The Balaban J connectivity index is 1.01. The zero-order valence-electron chi connectivity index (χ0n) is 29.9. The SMILES string of the molecule is COc1ccc([C@H]2CC(c3ccccc3)=NN2C(=O)COC(=O)c2cccc(NCC(=O)N3N=C(c4ccccc4)C[C@H]3c3ccc(OC)cc3)c2)cc1. The Bertz CT molecular complexity index is 2170. The molecule has 0 bridgehead atoms. The van der Waals surface area contributed by atoms with Gasteiger partial charge in [-0.3, -0.25) is 9.59 Å². The summed E-state index contributed by atoms with van der Waals surface area (Å²) in [4.78, 5) is 40.5. The van der Waals surface area contributed by atoms with Crippen LogP contribution in [-0.4, -0.2) is 66.6 Å². The third-order valence-corrected chi connectivity index (χ3v) is 9.42.